The average molecular weight is 458 g/mol. The fourth-order valence-corrected chi connectivity index (χ4v) is 3.97. The molecule has 2 aliphatic heterocycles. The molecule has 176 valence electrons. The second-order valence-electron chi connectivity index (χ2n) is 9.67. The van der Waals surface area contributed by atoms with Crippen LogP contribution in [0.1, 0.15) is 50.9 Å². The van der Waals surface area contributed by atoms with Crippen LogP contribution < -0.4 is 0 Å². The molecule has 0 aromatic carbocycles. The Morgan fingerprint density at radius 2 is 2.03 bits per heavy atom. The number of ether oxygens (including phenoxy) is 1. The largest absolute Gasteiger partial charge is 0.444 e. The molecule has 2 aromatic heterocycles. The number of carbonyl (C=O) groups excluding carboxylic acids is 1. The highest BCUT2D eigenvalue weighted by atomic mass is 19.3. The second kappa shape index (κ2) is 8.78. The number of rotatable bonds is 3. The van der Waals surface area contributed by atoms with E-state index in [1.807, 2.05) is 45.9 Å². The van der Waals surface area contributed by atoms with Crippen molar-refractivity contribution in [1.82, 2.24) is 19.8 Å². The highest BCUT2D eigenvalue weighted by Crippen LogP contribution is 2.29. The minimum Gasteiger partial charge on any atom is -0.444 e. The lowest BCUT2D eigenvalue weighted by atomic mass is 10.1. The Morgan fingerprint density at radius 3 is 2.73 bits per heavy atom. The van der Waals surface area contributed by atoms with Crippen LogP contribution in [0.3, 0.4) is 0 Å². The smallest absolute Gasteiger partial charge is 0.412 e. The van der Waals surface area contributed by atoms with Crippen LogP contribution in [0.2, 0.25) is 0 Å². The van der Waals surface area contributed by atoms with E-state index in [1.165, 1.54) is 0 Å². The lowest BCUT2D eigenvalue weighted by Crippen LogP contribution is -2.36. The summed E-state index contributed by atoms with van der Waals surface area (Å²) in [5.41, 5.74) is 4.15. The number of hydrogen-bond donors (Lipinski definition) is 0. The molecule has 0 atom stereocenters. The van der Waals surface area contributed by atoms with Gasteiger partial charge in [0.2, 0.25) is 0 Å². The van der Waals surface area contributed by atoms with Crippen molar-refractivity contribution in [2.75, 3.05) is 19.8 Å². The Hall–Kier alpha value is -2.94. The number of amides is 1. The van der Waals surface area contributed by atoms with E-state index < -0.39 is 17.6 Å². The molecule has 33 heavy (non-hydrogen) atoms. The van der Waals surface area contributed by atoms with Gasteiger partial charge in [0.05, 0.1) is 30.2 Å². The topological polar surface area (TPSA) is 70.9 Å². The Balaban J connectivity index is 1.54. The van der Waals surface area contributed by atoms with E-state index in [9.17, 15) is 13.6 Å². The molecule has 9 heteroatoms. The first-order valence-electron chi connectivity index (χ1n) is 11.0. The summed E-state index contributed by atoms with van der Waals surface area (Å²) in [4.78, 5) is 29.5. The summed E-state index contributed by atoms with van der Waals surface area (Å²) in [6, 6.07) is 5.76. The molecule has 2 aliphatic rings. The zero-order chi connectivity index (χ0) is 23.8. The molecule has 1 amide bonds. The van der Waals surface area contributed by atoms with Crippen LogP contribution >= 0.6 is 0 Å². The van der Waals surface area contributed by atoms with Crippen LogP contribution in [-0.2, 0) is 17.8 Å². The molecule has 0 bridgehead atoms. The number of likely N-dealkylation sites (tertiary alicyclic amines) is 1. The molecule has 1 fully saturated rings. The number of halogens is 2. The lowest BCUT2D eigenvalue weighted by molar-refractivity contribution is 0.0114. The van der Waals surface area contributed by atoms with Gasteiger partial charge in [0, 0.05) is 37.5 Å². The van der Waals surface area contributed by atoms with Crippen molar-refractivity contribution in [1.29, 1.82) is 0 Å². The first-order chi connectivity index (χ1) is 15.5. The van der Waals surface area contributed by atoms with Crippen LogP contribution in [-0.4, -0.2) is 62.9 Å². The third-order valence-corrected chi connectivity index (χ3v) is 5.56. The average Bonchev–Trinajstić information content (AvgIpc) is 2.97. The third kappa shape index (κ3) is 5.71. The fourth-order valence-electron chi connectivity index (χ4n) is 3.97. The number of nitrogens with zero attached hydrogens (tertiary/aromatic N) is 5. The molecule has 7 nitrogen and oxygen atoms in total. The number of carbonyl (C=O) groups is 1. The molecule has 2 aromatic rings. The quantitative estimate of drug-likeness (QED) is 0.679. The predicted octanol–water partition coefficient (Wildman–Crippen LogP) is 4.50. The number of fused-ring (bicyclic) bond motifs is 1. The maximum atomic E-state index is 13.5. The fraction of sp³-hybridized carbons (Fsp3) is 0.500. The van der Waals surface area contributed by atoms with Crippen molar-refractivity contribution in [2.24, 2.45) is 4.99 Å². The van der Waals surface area contributed by atoms with Crippen molar-refractivity contribution in [3.63, 3.8) is 0 Å². The van der Waals surface area contributed by atoms with Crippen LogP contribution in [0.5, 0.6) is 0 Å². The summed E-state index contributed by atoms with van der Waals surface area (Å²) in [6.45, 7) is 8.48. The van der Waals surface area contributed by atoms with Gasteiger partial charge >= 0.3 is 6.09 Å². The number of aromatic nitrogens is 2. The molecule has 0 aliphatic carbocycles. The van der Waals surface area contributed by atoms with Crippen molar-refractivity contribution in [3.05, 3.63) is 47.4 Å². The van der Waals surface area contributed by atoms with E-state index in [-0.39, 0.29) is 19.6 Å². The molecular weight excluding hydrogens is 428 g/mol. The summed E-state index contributed by atoms with van der Waals surface area (Å²) >= 11 is 0. The van der Waals surface area contributed by atoms with Crippen molar-refractivity contribution >= 4 is 11.8 Å². The van der Waals surface area contributed by atoms with E-state index >= 15 is 0 Å². The molecular formula is C24H29F2N5O2. The first kappa shape index (κ1) is 23.2. The third-order valence-electron chi connectivity index (χ3n) is 5.56. The number of pyridine rings is 2. The van der Waals surface area contributed by atoms with Crippen LogP contribution in [0.25, 0.3) is 11.3 Å². The SMILES string of the molecule is CC1=NCN(C(=O)OC(C)(C)C)Cc2ccc(-c3cncc(CN4CCC(F)(F)C4)c3)nc21. The molecule has 0 spiro atoms. The minimum absolute atomic E-state index is 0.106. The molecule has 4 rings (SSSR count). The highest BCUT2D eigenvalue weighted by Gasteiger charge is 2.38. The lowest BCUT2D eigenvalue weighted by Gasteiger charge is -2.25. The summed E-state index contributed by atoms with van der Waals surface area (Å²) in [5.74, 6) is -2.62. The summed E-state index contributed by atoms with van der Waals surface area (Å²) in [5, 5.41) is 0. The molecule has 0 saturated carbocycles. The van der Waals surface area contributed by atoms with Crippen LogP contribution in [0.4, 0.5) is 13.6 Å². The molecule has 4 heterocycles. The van der Waals surface area contributed by atoms with E-state index in [1.54, 1.807) is 22.2 Å². The number of hydrogen-bond acceptors (Lipinski definition) is 6. The van der Waals surface area contributed by atoms with Crippen LogP contribution in [0.15, 0.2) is 35.6 Å². The molecule has 1 saturated heterocycles. The van der Waals surface area contributed by atoms with Gasteiger partial charge in [-0.15, -0.1) is 0 Å². The van der Waals surface area contributed by atoms with E-state index in [2.05, 4.69) is 9.98 Å². The van der Waals surface area contributed by atoms with Crippen molar-refractivity contribution in [3.8, 4) is 11.3 Å². The second-order valence-corrected chi connectivity index (χ2v) is 9.67. The number of aliphatic imine (C=N–C) groups is 1. The van der Waals surface area contributed by atoms with E-state index in [0.717, 1.165) is 33.8 Å². The number of alkyl halides is 2. The van der Waals surface area contributed by atoms with Gasteiger partial charge in [-0.25, -0.2) is 18.6 Å². The molecule has 0 unspecified atom stereocenters. The maximum Gasteiger partial charge on any atom is 0.412 e. The van der Waals surface area contributed by atoms with Gasteiger partial charge in [0.1, 0.15) is 12.3 Å². The van der Waals surface area contributed by atoms with Gasteiger partial charge in [-0.05, 0) is 51.0 Å². The molecule has 0 radical (unpaired) electrons. The monoisotopic (exact) mass is 457 g/mol. The van der Waals surface area contributed by atoms with E-state index in [0.29, 0.717) is 19.6 Å². The molecule has 0 N–H and O–H groups in total. The Labute approximate surface area is 192 Å². The predicted molar refractivity (Wildman–Crippen MR) is 121 cm³/mol. The van der Waals surface area contributed by atoms with Gasteiger partial charge in [0.25, 0.3) is 5.92 Å². The first-order valence-corrected chi connectivity index (χ1v) is 11.0. The normalized spacial score (nSPS) is 18.5. The van der Waals surface area contributed by atoms with Gasteiger partial charge in [0.15, 0.2) is 0 Å². The Bertz CT molecular complexity index is 1080. The van der Waals surface area contributed by atoms with Crippen molar-refractivity contribution < 1.29 is 18.3 Å². The van der Waals surface area contributed by atoms with Gasteiger partial charge in [-0.1, -0.05) is 6.07 Å². The summed E-state index contributed by atoms with van der Waals surface area (Å²) in [7, 11) is 0. The zero-order valence-electron chi connectivity index (χ0n) is 19.4. The summed E-state index contributed by atoms with van der Waals surface area (Å²) < 4.78 is 32.5. The van der Waals surface area contributed by atoms with Crippen molar-refractivity contribution in [2.45, 2.75) is 58.7 Å². The Morgan fingerprint density at radius 1 is 1.24 bits per heavy atom. The Kier molecular flexibility index (Phi) is 6.18. The maximum absolute atomic E-state index is 13.5. The van der Waals surface area contributed by atoms with Gasteiger partial charge in [-0.3, -0.25) is 19.8 Å². The van der Waals surface area contributed by atoms with Crippen LogP contribution in [0, 0.1) is 0 Å². The summed E-state index contributed by atoms with van der Waals surface area (Å²) in [6.07, 6.45) is 2.90. The standard InChI is InChI=1S/C24H29F2N5O2/c1-16-21-18(13-31(15-28-16)22(32)33-23(2,3)4)5-6-20(29-21)19-9-17(10-27-11-19)12-30-8-7-24(25,26)14-30/h5-6,9-11H,7-8,12-15H2,1-4H3. The minimum atomic E-state index is -2.62. The van der Waals surface area contributed by atoms with Gasteiger partial charge in [-0.2, -0.15) is 0 Å². The van der Waals surface area contributed by atoms with E-state index in [4.69, 9.17) is 9.72 Å². The zero-order valence-corrected chi connectivity index (χ0v) is 19.4. The van der Waals surface area contributed by atoms with Gasteiger partial charge < -0.3 is 4.74 Å². The highest BCUT2D eigenvalue weighted by molar-refractivity contribution is 5.99.